The molecule has 3 rings (SSSR count). The number of hydrogen-bond acceptors (Lipinski definition) is 4. The van der Waals surface area contributed by atoms with Crippen LogP contribution in [-0.2, 0) is 0 Å². The van der Waals surface area contributed by atoms with Crippen LogP contribution in [0.4, 0.5) is 5.82 Å². The Balaban J connectivity index is 1.94. The van der Waals surface area contributed by atoms with Crippen molar-refractivity contribution in [2.45, 2.75) is 0 Å². The van der Waals surface area contributed by atoms with Gasteiger partial charge in [-0.05, 0) is 35.9 Å². The number of aromatic nitrogens is 1. The highest BCUT2D eigenvalue weighted by Crippen LogP contribution is 2.36. The molecule has 23 heavy (non-hydrogen) atoms. The van der Waals surface area contributed by atoms with Crippen LogP contribution in [0.3, 0.4) is 0 Å². The summed E-state index contributed by atoms with van der Waals surface area (Å²) in [6.07, 6.45) is 3.48. The number of ketones is 1. The Morgan fingerprint density at radius 3 is 2.70 bits per heavy atom. The number of halogens is 2. The summed E-state index contributed by atoms with van der Waals surface area (Å²) in [6, 6.07) is 6.94. The molecule has 1 aromatic heterocycles. The van der Waals surface area contributed by atoms with Gasteiger partial charge < -0.3 is 9.64 Å². The molecular weight excluding hydrogens is 335 g/mol. The number of carbonyl (C=O) groups is 1. The fourth-order valence-electron chi connectivity index (χ4n) is 2.32. The maximum absolute atomic E-state index is 12.6. The van der Waals surface area contributed by atoms with Gasteiger partial charge in [0, 0.05) is 30.9 Å². The smallest absolute Gasteiger partial charge is 0.197 e. The van der Waals surface area contributed by atoms with Crippen LogP contribution in [0.15, 0.2) is 36.0 Å². The number of benzene rings is 1. The third kappa shape index (κ3) is 3.19. The Bertz CT molecular complexity index is 799. The number of rotatable bonds is 2. The molecule has 0 saturated heterocycles. The Morgan fingerprint density at radius 2 is 2.04 bits per heavy atom. The van der Waals surface area contributed by atoms with Crippen LogP contribution >= 0.6 is 23.2 Å². The van der Waals surface area contributed by atoms with Crippen molar-refractivity contribution >= 4 is 40.9 Å². The molecule has 2 aromatic rings. The summed E-state index contributed by atoms with van der Waals surface area (Å²) in [6.45, 7) is 0.179. The number of Topliss-reactive ketones (excluding diaryl/α,β-unsaturated/α-hetero) is 1. The normalized spacial score (nSPS) is 15.3. The van der Waals surface area contributed by atoms with Crippen molar-refractivity contribution in [1.82, 2.24) is 4.98 Å². The average molecular weight is 349 g/mol. The third-order valence-electron chi connectivity index (χ3n) is 3.49. The van der Waals surface area contributed by atoms with E-state index in [-0.39, 0.29) is 12.4 Å². The molecule has 0 unspecified atom stereocenters. The van der Waals surface area contributed by atoms with Crippen LogP contribution < -0.4 is 9.64 Å². The first kappa shape index (κ1) is 15.8. The Hall–Kier alpha value is -2.04. The molecule has 1 aliphatic rings. The number of anilines is 1. The molecule has 6 heteroatoms. The van der Waals surface area contributed by atoms with Gasteiger partial charge in [-0.3, -0.25) is 4.79 Å². The predicted molar refractivity (Wildman–Crippen MR) is 92.8 cm³/mol. The van der Waals surface area contributed by atoms with E-state index in [1.54, 1.807) is 24.4 Å². The van der Waals surface area contributed by atoms with Crippen molar-refractivity contribution in [1.29, 1.82) is 0 Å². The van der Waals surface area contributed by atoms with E-state index in [2.05, 4.69) is 4.98 Å². The number of pyridine rings is 1. The second kappa shape index (κ2) is 6.22. The molecule has 0 fully saturated rings. The van der Waals surface area contributed by atoms with Crippen molar-refractivity contribution in [3.05, 3.63) is 57.2 Å². The van der Waals surface area contributed by atoms with Crippen LogP contribution in [0.5, 0.6) is 5.75 Å². The van der Waals surface area contributed by atoms with Crippen LogP contribution in [0.25, 0.3) is 6.08 Å². The number of hydrogen-bond donors (Lipinski definition) is 0. The molecule has 4 nitrogen and oxygen atoms in total. The first-order chi connectivity index (χ1) is 11.0. The summed E-state index contributed by atoms with van der Waals surface area (Å²) < 4.78 is 5.62. The molecule has 2 heterocycles. The van der Waals surface area contributed by atoms with E-state index in [4.69, 9.17) is 27.9 Å². The highest BCUT2D eigenvalue weighted by atomic mass is 35.5. The summed E-state index contributed by atoms with van der Waals surface area (Å²) in [5.41, 5.74) is 1.71. The van der Waals surface area contributed by atoms with Crippen molar-refractivity contribution < 1.29 is 9.53 Å². The highest BCUT2D eigenvalue weighted by molar-refractivity contribution is 6.38. The summed E-state index contributed by atoms with van der Waals surface area (Å²) in [4.78, 5) is 18.9. The second-order valence-electron chi connectivity index (χ2n) is 5.39. The van der Waals surface area contributed by atoms with Gasteiger partial charge in [0.25, 0.3) is 0 Å². The topological polar surface area (TPSA) is 42.4 Å². The summed E-state index contributed by atoms with van der Waals surface area (Å²) in [5, 5.41) is 0.738. The molecular formula is C17H14Cl2N2O2. The van der Waals surface area contributed by atoms with Gasteiger partial charge in [0.2, 0.25) is 0 Å². The standard InChI is InChI=1S/C17H14Cl2N2O2/c1-21(2)15-4-3-10(8-20-15)5-11-9-23-14-7-12(18)6-13(19)16(14)17(11)22/h3-8H,9H2,1-2H3/b11-5+. The maximum atomic E-state index is 12.6. The highest BCUT2D eigenvalue weighted by Gasteiger charge is 2.26. The molecule has 0 amide bonds. The molecule has 0 aliphatic carbocycles. The average Bonchev–Trinajstić information content (AvgIpc) is 2.50. The molecule has 0 radical (unpaired) electrons. The number of nitrogens with zero attached hydrogens (tertiary/aromatic N) is 2. The lowest BCUT2D eigenvalue weighted by atomic mass is 9.98. The molecule has 1 aromatic carbocycles. The summed E-state index contributed by atoms with van der Waals surface area (Å²) in [5.74, 6) is 1.12. The van der Waals surface area contributed by atoms with Crippen molar-refractivity contribution in [2.24, 2.45) is 0 Å². The largest absolute Gasteiger partial charge is 0.488 e. The molecule has 0 bridgehead atoms. The van der Waals surface area contributed by atoms with Crippen LogP contribution in [0, 0.1) is 0 Å². The number of fused-ring (bicyclic) bond motifs is 1. The molecule has 0 N–H and O–H groups in total. The van der Waals surface area contributed by atoms with E-state index >= 15 is 0 Å². The summed E-state index contributed by atoms with van der Waals surface area (Å²) in [7, 11) is 3.84. The van der Waals surface area contributed by atoms with Crippen LogP contribution in [-0.4, -0.2) is 31.5 Å². The zero-order chi connectivity index (χ0) is 16.6. The zero-order valence-electron chi connectivity index (χ0n) is 12.6. The minimum absolute atomic E-state index is 0.149. The van der Waals surface area contributed by atoms with Gasteiger partial charge in [-0.25, -0.2) is 4.98 Å². The van der Waals surface area contributed by atoms with Crippen molar-refractivity contribution in [2.75, 3.05) is 25.6 Å². The lowest BCUT2D eigenvalue weighted by molar-refractivity contribution is 0.100. The van der Waals surface area contributed by atoms with Gasteiger partial charge >= 0.3 is 0 Å². The number of ether oxygens (including phenoxy) is 1. The first-order valence-corrected chi connectivity index (χ1v) is 7.72. The van der Waals surface area contributed by atoms with Crippen molar-refractivity contribution in [3.63, 3.8) is 0 Å². The lowest BCUT2D eigenvalue weighted by Crippen LogP contribution is -2.19. The summed E-state index contributed by atoms with van der Waals surface area (Å²) >= 11 is 12.1. The van der Waals surface area contributed by atoms with E-state index in [0.717, 1.165) is 11.4 Å². The Kier molecular flexibility index (Phi) is 4.28. The fraction of sp³-hybridized carbons (Fsp3) is 0.176. The van der Waals surface area contributed by atoms with Crippen LogP contribution in [0.2, 0.25) is 10.0 Å². The Morgan fingerprint density at radius 1 is 1.26 bits per heavy atom. The molecule has 1 aliphatic heterocycles. The minimum atomic E-state index is -0.149. The second-order valence-corrected chi connectivity index (χ2v) is 6.24. The SMILES string of the molecule is CN(C)c1ccc(/C=C2\COc3cc(Cl)cc(Cl)c3C2=O)cn1. The molecule has 0 spiro atoms. The minimum Gasteiger partial charge on any atom is -0.488 e. The van der Waals surface area contributed by atoms with Gasteiger partial charge in [-0.1, -0.05) is 23.2 Å². The number of carbonyl (C=O) groups excluding carboxylic acids is 1. The van der Waals surface area contributed by atoms with Gasteiger partial charge in [0.05, 0.1) is 10.6 Å². The third-order valence-corrected chi connectivity index (χ3v) is 4.01. The molecule has 118 valence electrons. The molecule has 0 atom stereocenters. The monoisotopic (exact) mass is 348 g/mol. The van der Waals surface area contributed by atoms with Crippen LogP contribution in [0.1, 0.15) is 15.9 Å². The predicted octanol–water partition coefficient (Wildman–Crippen LogP) is 4.11. The Labute approximate surface area is 144 Å². The van der Waals surface area contributed by atoms with Gasteiger partial charge in [0.15, 0.2) is 5.78 Å². The van der Waals surface area contributed by atoms with Gasteiger partial charge in [-0.15, -0.1) is 0 Å². The van der Waals surface area contributed by atoms with E-state index in [0.29, 0.717) is 26.9 Å². The first-order valence-electron chi connectivity index (χ1n) is 6.96. The molecule has 0 saturated carbocycles. The fourth-order valence-corrected chi connectivity index (χ4v) is 2.88. The van der Waals surface area contributed by atoms with Gasteiger partial charge in [0.1, 0.15) is 18.2 Å². The zero-order valence-corrected chi connectivity index (χ0v) is 14.1. The maximum Gasteiger partial charge on any atom is 0.197 e. The quantitative estimate of drug-likeness (QED) is 0.765. The van der Waals surface area contributed by atoms with Crippen molar-refractivity contribution in [3.8, 4) is 5.75 Å². The van der Waals surface area contributed by atoms with E-state index < -0.39 is 0 Å². The van der Waals surface area contributed by atoms with E-state index in [1.165, 1.54) is 0 Å². The van der Waals surface area contributed by atoms with E-state index in [9.17, 15) is 4.79 Å². The van der Waals surface area contributed by atoms with E-state index in [1.807, 2.05) is 31.1 Å². The lowest BCUT2D eigenvalue weighted by Gasteiger charge is -2.20. The van der Waals surface area contributed by atoms with Gasteiger partial charge in [-0.2, -0.15) is 0 Å².